The number of hydrogen-bond donors (Lipinski definition) is 1. The molecule has 2 rings (SSSR count). The van der Waals surface area contributed by atoms with Crippen molar-refractivity contribution in [1.29, 1.82) is 0 Å². The Balaban J connectivity index is 2.02. The molecule has 1 aliphatic rings. The summed E-state index contributed by atoms with van der Waals surface area (Å²) in [6.45, 7) is 7.41. The summed E-state index contributed by atoms with van der Waals surface area (Å²) in [5.41, 5.74) is 0.989. The van der Waals surface area contributed by atoms with Crippen molar-refractivity contribution in [3.8, 4) is 0 Å². The molecule has 1 atom stereocenters. The Kier molecular flexibility index (Phi) is 5.24. The van der Waals surface area contributed by atoms with Crippen LogP contribution >= 0.6 is 34.8 Å². The largest absolute Gasteiger partial charge is 0.370 e. The van der Waals surface area contributed by atoms with Crippen LogP contribution in [0.4, 0.5) is 5.69 Å². The minimum Gasteiger partial charge on any atom is -0.370 e. The van der Waals surface area contributed by atoms with Crippen LogP contribution < -0.4 is 10.2 Å². The Hall–Kier alpha value is -0.150. The minimum absolute atomic E-state index is 0.507. The molecule has 0 amide bonds. The highest BCUT2D eigenvalue weighted by Crippen LogP contribution is 2.36. The van der Waals surface area contributed by atoms with Crippen LogP contribution in [0.25, 0.3) is 0 Å². The molecule has 1 aromatic rings. The highest BCUT2D eigenvalue weighted by molar-refractivity contribution is 6.44. The maximum atomic E-state index is 6.26. The topological polar surface area (TPSA) is 15.3 Å². The van der Waals surface area contributed by atoms with Gasteiger partial charge in [0.05, 0.1) is 20.8 Å². The van der Waals surface area contributed by atoms with Crippen molar-refractivity contribution in [2.45, 2.75) is 26.3 Å². The molecule has 1 fully saturated rings. The Bertz CT molecular complexity index is 449. The monoisotopic (exact) mass is 320 g/mol. The third-order valence-corrected chi connectivity index (χ3v) is 4.46. The lowest BCUT2D eigenvalue weighted by Crippen LogP contribution is -2.30. The van der Waals surface area contributed by atoms with E-state index >= 15 is 0 Å². The van der Waals surface area contributed by atoms with E-state index in [0.717, 1.165) is 25.3 Å². The van der Waals surface area contributed by atoms with Crippen LogP contribution in [0, 0.1) is 5.92 Å². The zero-order chi connectivity index (χ0) is 14.0. The van der Waals surface area contributed by atoms with E-state index < -0.39 is 0 Å². The van der Waals surface area contributed by atoms with E-state index in [4.69, 9.17) is 34.8 Å². The summed E-state index contributed by atoms with van der Waals surface area (Å²) in [5, 5.41) is 5.23. The van der Waals surface area contributed by atoms with Crippen LogP contribution in [0.15, 0.2) is 12.1 Å². The second-order valence-corrected chi connectivity index (χ2v) is 6.60. The average molecular weight is 322 g/mol. The van der Waals surface area contributed by atoms with Gasteiger partial charge in [0.25, 0.3) is 0 Å². The molecule has 0 aliphatic carbocycles. The molecule has 2 nitrogen and oxygen atoms in total. The molecular weight excluding hydrogens is 303 g/mol. The van der Waals surface area contributed by atoms with Gasteiger partial charge < -0.3 is 10.2 Å². The fourth-order valence-corrected chi connectivity index (χ4v) is 3.04. The van der Waals surface area contributed by atoms with E-state index in [-0.39, 0.29) is 0 Å². The average Bonchev–Trinajstić information content (AvgIpc) is 2.80. The predicted octanol–water partition coefficient (Wildman–Crippen LogP) is 4.47. The summed E-state index contributed by atoms with van der Waals surface area (Å²) in [5.74, 6) is 0.660. The highest BCUT2D eigenvalue weighted by atomic mass is 35.5. The molecule has 1 aromatic carbocycles. The second-order valence-electron chi connectivity index (χ2n) is 5.38. The molecule has 0 saturated carbocycles. The summed E-state index contributed by atoms with van der Waals surface area (Å²) in [4.78, 5) is 2.29. The zero-order valence-corrected chi connectivity index (χ0v) is 13.5. The van der Waals surface area contributed by atoms with Crippen molar-refractivity contribution in [2.75, 3.05) is 24.5 Å². The first-order valence-electron chi connectivity index (χ1n) is 6.60. The molecule has 0 radical (unpaired) electrons. The van der Waals surface area contributed by atoms with Gasteiger partial charge in [-0.2, -0.15) is 0 Å². The van der Waals surface area contributed by atoms with Crippen LogP contribution in [-0.4, -0.2) is 25.7 Å². The lowest BCUT2D eigenvalue weighted by Gasteiger charge is -2.21. The van der Waals surface area contributed by atoms with Crippen LogP contribution in [0.1, 0.15) is 20.3 Å². The van der Waals surface area contributed by atoms with Crippen LogP contribution in [-0.2, 0) is 0 Å². The van der Waals surface area contributed by atoms with Crippen molar-refractivity contribution < 1.29 is 0 Å². The van der Waals surface area contributed by atoms with E-state index in [1.54, 1.807) is 6.07 Å². The van der Waals surface area contributed by atoms with Gasteiger partial charge in [0, 0.05) is 19.1 Å². The van der Waals surface area contributed by atoms with Gasteiger partial charge in [-0.15, -0.1) is 0 Å². The van der Waals surface area contributed by atoms with Gasteiger partial charge in [-0.1, -0.05) is 48.7 Å². The molecule has 0 bridgehead atoms. The van der Waals surface area contributed by atoms with Crippen LogP contribution in [0.2, 0.25) is 15.1 Å². The molecule has 1 heterocycles. The van der Waals surface area contributed by atoms with Gasteiger partial charge in [0.1, 0.15) is 0 Å². The molecule has 1 N–H and O–H groups in total. The second kappa shape index (κ2) is 6.53. The first kappa shape index (κ1) is 15.2. The standard InChI is InChI=1S/C14H19Cl3N2/c1-9(2)18-7-10-3-4-19(8-10)14-6-12(16)11(15)5-13(14)17/h5-6,9-10,18H,3-4,7-8H2,1-2H3. The maximum absolute atomic E-state index is 6.26. The molecule has 1 unspecified atom stereocenters. The van der Waals surface area contributed by atoms with Gasteiger partial charge in [0.15, 0.2) is 0 Å². The first-order valence-corrected chi connectivity index (χ1v) is 7.73. The Morgan fingerprint density at radius 2 is 1.89 bits per heavy atom. The number of hydrogen-bond acceptors (Lipinski definition) is 2. The number of benzene rings is 1. The van der Waals surface area contributed by atoms with Crippen molar-refractivity contribution in [2.24, 2.45) is 5.92 Å². The normalized spacial score (nSPS) is 19.5. The molecular formula is C14H19Cl3N2. The van der Waals surface area contributed by atoms with Crippen LogP contribution in [0.3, 0.4) is 0 Å². The number of halogens is 3. The summed E-state index contributed by atoms with van der Waals surface area (Å²) < 4.78 is 0. The summed E-state index contributed by atoms with van der Waals surface area (Å²) in [6.07, 6.45) is 1.18. The zero-order valence-electron chi connectivity index (χ0n) is 11.2. The Morgan fingerprint density at radius 3 is 2.58 bits per heavy atom. The first-order chi connectivity index (χ1) is 8.97. The number of rotatable bonds is 4. The van der Waals surface area contributed by atoms with Crippen molar-refractivity contribution in [1.82, 2.24) is 5.32 Å². The van der Waals surface area contributed by atoms with Gasteiger partial charge in [-0.25, -0.2) is 0 Å². The molecule has 5 heteroatoms. The Morgan fingerprint density at radius 1 is 1.21 bits per heavy atom. The summed E-state index contributed by atoms with van der Waals surface area (Å²) in [7, 11) is 0. The van der Waals surface area contributed by atoms with E-state index in [2.05, 4.69) is 24.1 Å². The van der Waals surface area contributed by atoms with E-state index in [1.807, 2.05) is 6.07 Å². The summed E-state index contributed by atoms with van der Waals surface area (Å²) >= 11 is 18.3. The highest BCUT2D eigenvalue weighted by Gasteiger charge is 2.24. The van der Waals surface area contributed by atoms with Gasteiger partial charge in [-0.3, -0.25) is 0 Å². The van der Waals surface area contributed by atoms with E-state index in [0.29, 0.717) is 27.0 Å². The number of anilines is 1. The fourth-order valence-electron chi connectivity index (χ4n) is 2.37. The van der Waals surface area contributed by atoms with Gasteiger partial charge >= 0.3 is 0 Å². The lowest BCUT2D eigenvalue weighted by atomic mass is 10.1. The molecule has 0 aromatic heterocycles. The SMILES string of the molecule is CC(C)NCC1CCN(c2cc(Cl)c(Cl)cc2Cl)C1. The molecule has 19 heavy (non-hydrogen) atoms. The number of nitrogens with zero attached hydrogens (tertiary/aromatic N) is 1. The quantitative estimate of drug-likeness (QED) is 0.823. The van der Waals surface area contributed by atoms with Crippen LogP contribution in [0.5, 0.6) is 0 Å². The predicted molar refractivity (Wildman–Crippen MR) is 84.9 cm³/mol. The Labute approximate surface area is 130 Å². The maximum Gasteiger partial charge on any atom is 0.0655 e. The van der Waals surface area contributed by atoms with Crippen molar-refractivity contribution >= 4 is 40.5 Å². The van der Waals surface area contributed by atoms with Gasteiger partial charge in [0.2, 0.25) is 0 Å². The lowest BCUT2D eigenvalue weighted by molar-refractivity contribution is 0.480. The molecule has 0 spiro atoms. The number of nitrogens with one attached hydrogen (secondary N) is 1. The van der Waals surface area contributed by atoms with E-state index in [9.17, 15) is 0 Å². The van der Waals surface area contributed by atoms with E-state index in [1.165, 1.54) is 6.42 Å². The van der Waals surface area contributed by atoms with Crippen molar-refractivity contribution in [3.63, 3.8) is 0 Å². The molecule has 106 valence electrons. The fraction of sp³-hybridized carbons (Fsp3) is 0.571. The summed E-state index contributed by atoms with van der Waals surface area (Å²) in [6, 6.07) is 4.12. The minimum atomic E-state index is 0.507. The van der Waals surface area contributed by atoms with Gasteiger partial charge in [-0.05, 0) is 31.0 Å². The third kappa shape index (κ3) is 3.91. The molecule has 1 saturated heterocycles. The smallest absolute Gasteiger partial charge is 0.0655 e. The molecule has 1 aliphatic heterocycles. The third-order valence-electron chi connectivity index (χ3n) is 3.43. The van der Waals surface area contributed by atoms with Crippen molar-refractivity contribution in [3.05, 3.63) is 27.2 Å².